The van der Waals surface area contributed by atoms with Crippen molar-refractivity contribution in [3.05, 3.63) is 53.7 Å². The minimum atomic E-state index is -0.469. The summed E-state index contributed by atoms with van der Waals surface area (Å²) in [6.45, 7) is 1.78. The maximum absolute atomic E-state index is 13.4. The van der Waals surface area contributed by atoms with Gasteiger partial charge in [0.25, 0.3) is 5.91 Å². The molecule has 22 heavy (non-hydrogen) atoms. The van der Waals surface area contributed by atoms with Gasteiger partial charge in [-0.1, -0.05) is 6.07 Å². The van der Waals surface area contributed by atoms with Gasteiger partial charge in [-0.2, -0.15) is 0 Å². The van der Waals surface area contributed by atoms with E-state index in [2.05, 4.69) is 4.74 Å². The fraction of sp³-hybridized carbons (Fsp3) is 0.250. The largest absolute Gasteiger partial charge is 0.469 e. The van der Waals surface area contributed by atoms with Gasteiger partial charge in [-0.25, -0.2) is 4.39 Å². The van der Waals surface area contributed by atoms with Crippen LogP contribution in [0.3, 0.4) is 0 Å². The molecule has 0 radical (unpaired) electrons. The number of rotatable bonds is 5. The van der Waals surface area contributed by atoms with Crippen molar-refractivity contribution >= 4 is 17.6 Å². The molecule has 0 aliphatic carbocycles. The van der Waals surface area contributed by atoms with Crippen LogP contribution < -0.4 is 4.90 Å². The van der Waals surface area contributed by atoms with Crippen LogP contribution in [-0.2, 0) is 9.53 Å². The van der Waals surface area contributed by atoms with E-state index in [0.717, 1.165) is 0 Å². The molecule has 6 heteroatoms. The molecule has 0 saturated carbocycles. The summed E-state index contributed by atoms with van der Waals surface area (Å²) in [6.07, 6.45) is -0.00154. The topological polar surface area (TPSA) is 59.8 Å². The van der Waals surface area contributed by atoms with Crippen molar-refractivity contribution in [2.45, 2.75) is 13.3 Å². The van der Waals surface area contributed by atoms with E-state index in [-0.39, 0.29) is 18.7 Å². The Morgan fingerprint density at radius 2 is 2.05 bits per heavy atom. The number of halogens is 1. The standard InChI is InChI=1S/C16H16FNO4/c1-11-6-7-14(22-11)16(20)18(9-8-15(19)21-2)13-5-3-4-12(17)10-13/h3-7,10H,8-9H2,1-2H3. The first-order chi connectivity index (χ1) is 10.5. The minimum absolute atomic E-state index is 0.00154. The third kappa shape index (κ3) is 3.72. The molecule has 0 bridgehead atoms. The number of anilines is 1. The molecule has 0 aliphatic rings. The molecular formula is C16H16FNO4. The van der Waals surface area contributed by atoms with Gasteiger partial charge in [-0.15, -0.1) is 0 Å². The van der Waals surface area contributed by atoms with E-state index < -0.39 is 17.7 Å². The molecule has 1 aromatic carbocycles. The molecule has 5 nitrogen and oxygen atoms in total. The quantitative estimate of drug-likeness (QED) is 0.797. The zero-order valence-corrected chi connectivity index (χ0v) is 12.3. The first-order valence-electron chi connectivity index (χ1n) is 6.72. The van der Waals surface area contributed by atoms with Crippen molar-refractivity contribution in [1.29, 1.82) is 0 Å². The van der Waals surface area contributed by atoms with Crippen molar-refractivity contribution in [3.8, 4) is 0 Å². The molecule has 1 amide bonds. The molecule has 0 aliphatic heterocycles. The van der Waals surface area contributed by atoms with E-state index in [1.165, 1.54) is 30.2 Å². The monoisotopic (exact) mass is 305 g/mol. The van der Waals surface area contributed by atoms with Gasteiger partial charge in [0.05, 0.1) is 13.5 Å². The van der Waals surface area contributed by atoms with Gasteiger partial charge < -0.3 is 14.1 Å². The summed E-state index contributed by atoms with van der Waals surface area (Å²) in [4.78, 5) is 25.1. The molecule has 0 unspecified atom stereocenters. The summed E-state index contributed by atoms with van der Waals surface area (Å²) < 4.78 is 23.3. The molecule has 0 atom stereocenters. The second-order valence-electron chi connectivity index (χ2n) is 4.67. The van der Waals surface area contributed by atoms with Gasteiger partial charge in [0, 0.05) is 12.2 Å². The lowest BCUT2D eigenvalue weighted by Crippen LogP contribution is -2.33. The molecule has 116 valence electrons. The lowest BCUT2D eigenvalue weighted by Gasteiger charge is -2.21. The van der Waals surface area contributed by atoms with E-state index in [1.54, 1.807) is 25.1 Å². The van der Waals surface area contributed by atoms with Crippen LogP contribution in [0.4, 0.5) is 10.1 Å². The predicted molar refractivity (Wildman–Crippen MR) is 78.2 cm³/mol. The van der Waals surface area contributed by atoms with Gasteiger partial charge in [-0.05, 0) is 37.3 Å². The second-order valence-corrected chi connectivity index (χ2v) is 4.67. The van der Waals surface area contributed by atoms with Gasteiger partial charge in [0.1, 0.15) is 11.6 Å². The fourth-order valence-electron chi connectivity index (χ4n) is 1.98. The molecule has 0 fully saturated rings. The van der Waals surface area contributed by atoms with Crippen molar-refractivity contribution in [2.24, 2.45) is 0 Å². The van der Waals surface area contributed by atoms with Crippen molar-refractivity contribution in [1.82, 2.24) is 0 Å². The Morgan fingerprint density at radius 1 is 1.27 bits per heavy atom. The number of esters is 1. The molecule has 1 aromatic heterocycles. The first kappa shape index (κ1) is 15.8. The van der Waals surface area contributed by atoms with Crippen molar-refractivity contribution in [3.63, 3.8) is 0 Å². The number of furan rings is 1. The SMILES string of the molecule is COC(=O)CCN(C(=O)c1ccc(C)o1)c1cccc(F)c1. The number of carbonyl (C=O) groups is 2. The fourth-order valence-corrected chi connectivity index (χ4v) is 1.98. The van der Waals surface area contributed by atoms with E-state index >= 15 is 0 Å². The minimum Gasteiger partial charge on any atom is -0.469 e. The van der Waals surface area contributed by atoms with Crippen LogP contribution in [-0.4, -0.2) is 25.5 Å². The van der Waals surface area contributed by atoms with Crippen LogP contribution >= 0.6 is 0 Å². The molecular weight excluding hydrogens is 289 g/mol. The van der Waals surface area contributed by atoms with Crippen LogP contribution in [0.1, 0.15) is 22.7 Å². The van der Waals surface area contributed by atoms with Gasteiger partial charge in [0.15, 0.2) is 5.76 Å². The third-order valence-electron chi connectivity index (χ3n) is 3.08. The molecule has 1 heterocycles. The number of carbonyl (C=O) groups excluding carboxylic acids is 2. The van der Waals surface area contributed by atoms with E-state index in [0.29, 0.717) is 11.4 Å². The van der Waals surface area contributed by atoms with Gasteiger partial charge in [0.2, 0.25) is 0 Å². The zero-order valence-electron chi connectivity index (χ0n) is 12.3. The normalized spacial score (nSPS) is 10.3. The average Bonchev–Trinajstić information content (AvgIpc) is 2.93. The van der Waals surface area contributed by atoms with Crippen molar-refractivity contribution < 1.29 is 23.1 Å². The Bertz CT molecular complexity index is 680. The lowest BCUT2D eigenvalue weighted by atomic mass is 10.2. The van der Waals surface area contributed by atoms with Crippen LogP contribution in [0.2, 0.25) is 0 Å². The Kier molecular flexibility index (Phi) is 4.93. The third-order valence-corrected chi connectivity index (χ3v) is 3.08. The number of methoxy groups -OCH3 is 1. The van der Waals surface area contributed by atoms with E-state index in [9.17, 15) is 14.0 Å². The van der Waals surface area contributed by atoms with Gasteiger partial charge in [-0.3, -0.25) is 9.59 Å². The highest BCUT2D eigenvalue weighted by molar-refractivity contribution is 6.04. The van der Waals surface area contributed by atoms with E-state index in [1.807, 2.05) is 0 Å². The number of amides is 1. The number of benzene rings is 1. The highest BCUT2D eigenvalue weighted by atomic mass is 19.1. The Hall–Kier alpha value is -2.63. The smallest absolute Gasteiger partial charge is 0.307 e. The number of ether oxygens (including phenoxy) is 1. The second kappa shape index (κ2) is 6.89. The zero-order chi connectivity index (χ0) is 16.1. The van der Waals surface area contributed by atoms with Crippen LogP contribution in [0.15, 0.2) is 40.8 Å². The number of hydrogen-bond donors (Lipinski definition) is 0. The summed E-state index contributed by atoms with van der Waals surface area (Å²) in [6, 6.07) is 8.80. The van der Waals surface area contributed by atoms with Crippen LogP contribution in [0.5, 0.6) is 0 Å². The molecule has 2 rings (SSSR count). The molecule has 0 spiro atoms. The Balaban J connectivity index is 2.28. The predicted octanol–water partition coefficient (Wildman–Crippen LogP) is 2.94. The summed E-state index contributed by atoms with van der Waals surface area (Å²) in [5, 5.41) is 0. The lowest BCUT2D eigenvalue weighted by molar-refractivity contribution is -0.140. The van der Waals surface area contributed by atoms with E-state index in [4.69, 9.17) is 4.42 Å². The van der Waals surface area contributed by atoms with Gasteiger partial charge >= 0.3 is 5.97 Å². The summed E-state index contributed by atoms with van der Waals surface area (Å²) in [7, 11) is 1.27. The summed E-state index contributed by atoms with van der Waals surface area (Å²) in [5.74, 6) is -0.640. The number of aryl methyl sites for hydroxylation is 1. The Morgan fingerprint density at radius 3 is 2.64 bits per heavy atom. The first-order valence-corrected chi connectivity index (χ1v) is 6.72. The molecule has 0 saturated heterocycles. The molecule has 2 aromatic rings. The number of hydrogen-bond acceptors (Lipinski definition) is 4. The summed E-state index contributed by atoms with van der Waals surface area (Å²) in [5.41, 5.74) is 0.350. The highest BCUT2D eigenvalue weighted by Gasteiger charge is 2.22. The van der Waals surface area contributed by atoms with Crippen LogP contribution in [0.25, 0.3) is 0 Å². The maximum Gasteiger partial charge on any atom is 0.307 e. The summed E-state index contributed by atoms with van der Waals surface area (Å²) >= 11 is 0. The van der Waals surface area contributed by atoms with Crippen LogP contribution in [0, 0.1) is 12.7 Å². The number of nitrogens with zero attached hydrogens (tertiary/aromatic N) is 1. The van der Waals surface area contributed by atoms with Crippen molar-refractivity contribution in [2.75, 3.05) is 18.6 Å². The average molecular weight is 305 g/mol. The Labute approximate surface area is 127 Å². The molecule has 0 N–H and O–H groups in total. The maximum atomic E-state index is 13.4. The highest BCUT2D eigenvalue weighted by Crippen LogP contribution is 2.20.